The molecule has 0 aliphatic carbocycles. The number of likely N-dealkylation sites (tertiary alicyclic amines) is 1. The van der Waals surface area contributed by atoms with E-state index in [-0.39, 0.29) is 35.9 Å². The van der Waals surface area contributed by atoms with Gasteiger partial charge in [-0.2, -0.15) is 0 Å². The second-order valence-corrected chi connectivity index (χ2v) is 6.11. The molecule has 2 aromatic heterocycles. The third-order valence-corrected chi connectivity index (χ3v) is 4.47. The van der Waals surface area contributed by atoms with E-state index in [2.05, 4.69) is 20.2 Å². The van der Waals surface area contributed by atoms with Crippen LogP contribution in [0.2, 0.25) is 0 Å². The number of halogens is 1. The Balaban J connectivity index is 0.00000243. The van der Waals surface area contributed by atoms with Crippen molar-refractivity contribution in [1.29, 1.82) is 0 Å². The summed E-state index contributed by atoms with van der Waals surface area (Å²) in [5.41, 5.74) is 1.90. The molecule has 7 nitrogen and oxygen atoms in total. The highest BCUT2D eigenvalue weighted by Gasteiger charge is 2.27. The van der Waals surface area contributed by atoms with Crippen molar-refractivity contribution in [2.24, 2.45) is 10.9 Å². The molecule has 0 saturated carbocycles. The zero-order chi connectivity index (χ0) is 17.6. The number of imidazole rings is 1. The first-order valence-electron chi connectivity index (χ1n) is 8.76. The summed E-state index contributed by atoms with van der Waals surface area (Å²) >= 11 is 0. The normalized spacial score (nSPS) is 15.6. The average molecular weight is 471 g/mol. The van der Waals surface area contributed by atoms with Crippen LogP contribution in [0.1, 0.15) is 25.5 Å². The summed E-state index contributed by atoms with van der Waals surface area (Å²) in [4.78, 5) is 23.0. The monoisotopic (exact) mass is 471 g/mol. The standard InChI is InChI=1S/C18H25N5O2.HI/c1-3-25-17(24)14-7-10-22(11-8-14)18(19-2)20-12-15-13-23-9-5-4-6-16(23)21-15;/h4-6,9,13-14H,3,7-8,10-12H2,1-2H3,(H,19,20);1H. The highest BCUT2D eigenvalue weighted by atomic mass is 127. The van der Waals surface area contributed by atoms with E-state index in [1.165, 1.54) is 0 Å². The number of esters is 1. The highest BCUT2D eigenvalue weighted by Crippen LogP contribution is 2.18. The fourth-order valence-electron chi connectivity index (χ4n) is 3.16. The van der Waals surface area contributed by atoms with E-state index in [1.807, 2.05) is 41.9 Å². The van der Waals surface area contributed by atoms with E-state index < -0.39 is 0 Å². The number of carbonyl (C=O) groups excluding carboxylic acids is 1. The molecule has 2 aromatic rings. The Hall–Kier alpha value is -1.84. The van der Waals surface area contributed by atoms with Crippen molar-refractivity contribution < 1.29 is 9.53 Å². The van der Waals surface area contributed by atoms with E-state index in [0.717, 1.165) is 43.2 Å². The molecule has 1 saturated heterocycles. The fraction of sp³-hybridized carbons (Fsp3) is 0.500. The van der Waals surface area contributed by atoms with Gasteiger partial charge in [0, 0.05) is 32.5 Å². The molecule has 0 radical (unpaired) electrons. The SMILES string of the molecule is CCOC(=O)C1CCN(C(=NC)NCc2cn3ccccc3n2)CC1.I. The summed E-state index contributed by atoms with van der Waals surface area (Å²) in [6.07, 6.45) is 5.60. The predicted molar refractivity (Wildman–Crippen MR) is 112 cm³/mol. The van der Waals surface area contributed by atoms with Gasteiger partial charge in [0.15, 0.2) is 5.96 Å². The van der Waals surface area contributed by atoms with Gasteiger partial charge in [0.25, 0.3) is 0 Å². The first-order chi connectivity index (χ1) is 12.2. The Bertz CT molecular complexity index is 720. The van der Waals surface area contributed by atoms with Crippen LogP contribution in [0.15, 0.2) is 35.6 Å². The van der Waals surface area contributed by atoms with Crippen LogP contribution >= 0.6 is 24.0 Å². The van der Waals surface area contributed by atoms with Crippen LogP contribution in [-0.4, -0.2) is 53.0 Å². The Kier molecular flexibility index (Phi) is 7.67. The van der Waals surface area contributed by atoms with Crippen LogP contribution in [0.5, 0.6) is 0 Å². The van der Waals surface area contributed by atoms with Gasteiger partial charge >= 0.3 is 5.97 Å². The molecule has 3 heterocycles. The molecule has 8 heteroatoms. The molecule has 142 valence electrons. The molecule has 0 bridgehead atoms. The molecule has 0 atom stereocenters. The third-order valence-electron chi connectivity index (χ3n) is 4.47. The molecular formula is C18H26IN5O2. The van der Waals surface area contributed by atoms with Gasteiger partial charge in [0.05, 0.1) is 24.8 Å². The lowest BCUT2D eigenvalue weighted by atomic mass is 9.97. The van der Waals surface area contributed by atoms with Crippen molar-refractivity contribution in [2.75, 3.05) is 26.7 Å². The number of nitrogens with one attached hydrogen (secondary N) is 1. The molecule has 0 amide bonds. The summed E-state index contributed by atoms with van der Waals surface area (Å²) in [6.45, 7) is 4.51. The summed E-state index contributed by atoms with van der Waals surface area (Å²) < 4.78 is 7.13. The van der Waals surface area contributed by atoms with Crippen molar-refractivity contribution in [1.82, 2.24) is 19.6 Å². The molecule has 26 heavy (non-hydrogen) atoms. The number of nitrogens with zero attached hydrogens (tertiary/aromatic N) is 4. The Morgan fingerprint density at radius 1 is 1.38 bits per heavy atom. The van der Waals surface area contributed by atoms with Gasteiger partial charge in [-0.25, -0.2) is 4.98 Å². The van der Waals surface area contributed by atoms with E-state index in [1.54, 1.807) is 7.05 Å². The Labute approximate surface area is 170 Å². The number of pyridine rings is 1. The molecule has 1 aliphatic rings. The number of fused-ring (bicyclic) bond motifs is 1. The second kappa shape index (κ2) is 9.75. The van der Waals surface area contributed by atoms with Crippen molar-refractivity contribution >= 4 is 41.6 Å². The van der Waals surface area contributed by atoms with E-state index >= 15 is 0 Å². The number of aliphatic imine (C=N–C) groups is 1. The Morgan fingerprint density at radius 3 is 2.81 bits per heavy atom. The van der Waals surface area contributed by atoms with Crippen molar-refractivity contribution in [3.8, 4) is 0 Å². The summed E-state index contributed by atoms with van der Waals surface area (Å²) in [6, 6.07) is 5.95. The number of rotatable bonds is 4. The smallest absolute Gasteiger partial charge is 0.309 e. The lowest BCUT2D eigenvalue weighted by Gasteiger charge is -2.33. The maximum Gasteiger partial charge on any atom is 0.309 e. The molecule has 0 spiro atoms. The molecular weight excluding hydrogens is 445 g/mol. The lowest BCUT2D eigenvalue weighted by Crippen LogP contribution is -2.46. The van der Waals surface area contributed by atoms with Crippen molar-refractivity contribution in [3.05, 3.63) is 36.3 Å². The van der Waals surface area contributed by atoms with Gasteiger partial charge in [-0.05, 0) is 31.9 Å². The predicted octanol–water partition coefficient (Wildman–Crippen LogP) is 2.30. The minimum atomic E-state index is -0.0743. The molecule has 1 aliphatic heterocycles. The summed E-state index contributed by atoms with van der Waals surface area (Å²) in [5.74, 6) is 0.780. The van der Waals surface area contributed by atoms with Crippen LogP contribution in [0.4, 0.5) is 0 Å². The van der Waals surface area contributed by atoms with Gasteiger partial charge in [-0.3, -0.25) is 9.79 Å². The van der Waals surface area contributed by atoms with E-state index in [9.17, 15) is 4.79 Å². The van der Waals surface area contributed by atoms with E-state index in [4.69, 9.17) is 4.74 Å². The molecule has 0 aromatic carbocycles. The van der Waals surface area contributed by atoms with Gasteiger partial charge in [-0.1, -0.05) is 6.07 Å². The van der Waals surface area contributed by atoms with Crippen LogP contribution in [-0.2, 0) is 16.1 Å². The van der Waals surface area contributed by atoms with Crippen LogP contribution < -0.4 is 5.32 Å². The maximum atomic E-state index is 11.8. The van der Waals surface area contributed by atoms with Crippen LogP contribution in [0.25, 0.3) is 5.65 Å². The molecule has 3 rings (SSSR count). The maximum absolute atomic E-state index is 11.8. The average Bonchev–Trinajstić information content (AvgIpc) is 3.06. The first kappa shape index (κ1) is 20.5. The first-order valence-corrected chi connectivity index (χ1v) is 8.76. The Morgan fingerprint density at radius 2 is 2.15 bits per heavy atom. The largest absolute Gasteiger partial charge is 0.466 e. The topological polar surface area (TPSA) is 71.2 Å². The number of carbonyl (C=O) groups is 1. The van der Waals surface area contributed by atoms with Crippen molar-refractivity contribution in [3.63, 3.8) is 0 Å². The molecule has 1 fully saturated rings. The molecule has 1 N–H and O–H groups in total. The zero-order valence-corrected chi connectivity index (χ0v) is 17.6. The number of hydrogen-bond donors (Lipinski definition) is 1. The minimum Gasteiger partial charge on any atom is -0.466 e. The van der Waals surface area contributed by atoms with Gasteiger partial charge in [0.2, 0.25) is 0 Å². The number of guanidine groups is 1. The molecule has 0 unspecified atom stereocenters. The highest BCUT2D eigenvalue weighted by molar-refractivity contribution is 14.0. The van der Waals surface area contributed by atoms with Crippen LogP contribution in [0.3, 0.4) is 0 Å². The van der Waals surface area contributed by atoms with Crippen molar-refractivity contribution in [2.45, 2.75) is 26.3 Å². The van der Waals surface area contributed by atoms with Gasteiger partial charge < -0.3 is 19.4 Å². The number of hydrogen-bond acceptors (Lipinski definition) is 4. The summed E-state index contributed by atoms with van der Waals surface area (Å²) in [7, 11) is 1.78. The second-order valence-electron chi connectivity index (χ2n) is 6.11. The minimum absolute atomic E-state index is 0. The van der Waals surface area contributed by atoms with Crippen LogP contribution in [0, 0.1) is 5.92 Å². The van der Waals surface area contributed by atoms with Gasteiger partial charge in [0.1, 0.15) is 5.65 Å². The fourth-order valence-corrected chi connectivity index (χ4v) is 3.16. The quantitative estimate of drug-likeness (QED) is 0.321. The zero-order valence-electron chi connectivity index (χ0n) is 15.2. The number of aromatic nitrogens is 2. The third kappa shape index (κ3) is 4.87. The lowest BCUT2D eigenvalue weighted by molar-refractivity contribution is -0.149. The van der Waals surface area contributed by atoms with E-state index in [0.29, 0.717) is 13.2 Å². The number of piperidine rings is 1. The number of ether oxygens (including phenoxy) is 1. The summed E-state index contributed by atoms with van der Waals surface area (Å²) in [5, 5.41) is 3.37. The van der Waals surface area contributed by atoms with Gasteiger partial charge in [-0.15, -0.1) is 24.0 Å².